The number of pyridine rings is 1. The van der Waals surface area contributed by atoms with Gasteiger partial charge in [-0.05, 0) is 37.3 Å². The zero-order valence-electron chi connectivity index (χ0n) is 16.3. The molecule has 2 aliphatic heterocycles. The van der Waals surface area contributed by atoms with Crippen LogP contribution in [0.5, 0.6) is 5.88 Å². The Morgan fingerprint density at radius 1 is 1.17 bits per heavy atom. The minimum absolute atomic E-state index is 0.0649. The van der Waals surface area contributed by atoms with Crippen molar-refractivity contribution >= 4 is 0 Å². The second kappa shape index (κ2) is 7.61. The van der Waals surface area contributed by atoms with Gasteiger partial charge in [-0.3, -0.25) is 4.90 Å². The molecule has 2 aromatic rings. The molecule has 3 heterocycles. The SMILES string of the molecule is COc1ncc(C(F)(F)F)cc1C1(O)CC2CCCC(C1)N2Cc1ccccc1. The average Bonchev–Trinajstić information content (AvgIpc) is 2.68. The maximum atomic E-state index is 13.3. The van der Waals surface area contributed by atoms with Gasteiger partial charge in [0.2, 0.25) is 5.88 Å². The van der Waals surface area contributed by atoms with Crippen LogP contribution >= 0.6 is 0 Å². The van der Waals surface area contributed by atoms with E-state index in [0.717, 1.165) is 38.1 Å². The second-order valence-corrected chi connectivity index (χ2v) is 8.11. The number of benzene rings is 1. The molecule has 0 aliphatic carbocycles. The van der Waals surface area contributed by atoms with E-state index in [4.69, 9.17) is 4.74 Å². The van der Waals surface area contributed by atoms with E-state index in [1.165, 1.54) is 12.7 Å². The highest BCUT2D eigenvalue weighted by molar-refractivity contribution is 5.37. The molecule has 0 spiro atoms. The van der Waals surface area contributed by atoms with Crippen molar-refractivity contribution in [2.45, 2.75) is 62.5 Å². The van der Waals surface area contributed by atoms with Crippen LogP contribution in [0.4, 0.5) is 13.2 Å². The van der Waals surface area contributed by atoms with Crippen molar-refractivity contribution in [1.82, 2.24) is 9.88 Å². The number of hydrogen-bond donors (Lipinski definition) is 1. The van der Waals surface area contributed by atoms with E-state index in [1.807, 2.05) is 18.2 Å². The maximum absolute atomic E-state index is 13.3. The quantitative estimate of drug-likeness (QED) is 0.811. The van der Waals surface area contributed by atoms with Gasteiger partial charge in [-0.1, -0.05) is 36.8 Å². The topological polar surface area (TPSA) is 45.6 Å². The van der Waals surface area contributed by atoms with Gasteiger partial charge >= 0.3 is 6.18 Å². The molecule has 2 atom stereocenters. The van der Waals surface area contributed by atoms with E-state index < -0.39 is 17.3 Å². The van der Waals surface area contributed by atoms with Crippen LogP contribution in [0.3, 0.4) is 0 Å². The van der Waals surface area contributed by atoms with Crippen molar-refractivity contribution in [3.63, 3.8) is 0 Å². The minimum atomic E-state index is -4.52. The van der Waals surface area contributed by atoms with Crippen molar-refractivity contribution in [2.75, 3.05) is 7.11 Å². The number of hydrogen-bond acceptors (Lipinski definition) is 4. The molecule has 0 radical (unpaired) electrons. The van der Waals surface area contributed by atoms with Crippen molar-refractivity contribution in [2.24, 2.45) is 0 Å². The number of aromatic nitrogens is 1. The summed E-state index contributed by atoms with van der Waals surface area (Å²) in [7, 11) is 1.37. The molecule has 2 unspecified atom stereocenters. The fraction of sp³-hybridized carbons (Fsp3) is 0.500. The van der Waals surface area contributed by atoms with Crippen LogP contribution in [-0.4, -0.2) is 34.2 Å². The fourth-order valence-corrected chi connectivity index (χ4v) is 4.90. The van der Waals surface area contributed by atoms with Crippen molar-refractivity contribution in [1.29, 1.82) is 0 Å². The van der Waals surface area contributed by atoms with E-state index in [2.05, 4.69) is 22.0 Å². The van der Waals surface area contributed by atoms with E-state index in [9.17, 15) is 18.3 Å². The minimum Gasteiger partial charge on any atom is -0.481 e. The number of halogens is 3. The lowest BCUT2D eigenvalue weighted by molar-refractivity contribution is -0.138. The lowest BCUT2D eigenvalue weighted by Gasteiger charge is -2.52. The zero-order chi connectivity index (χ0) is 20.6. The van der Waals surface area contributed by atoms with Crippen LogP contribution in [0.2, 0.25) is 0 Å². The molecule has 2 bridgehead atoms. The Bertz CT molecular complexity index is 843. The first kappa shape index (κ1) is 20.2. The predicted molar refractivity (Wildman–Crippen MR) is 102 cm³/mol. The van der Waals surface area contributed by atoms with Crippen LogP contribution in [-0.2, 0) is 18.3 Å². The van der Waals surface area contributed by atoms with Crippen LogP contribution in [0, 0.1) is 0 Å². The van der Waals surface area contributed by atoms with Gasteiger partial charge in [-0.25, -0.2) is 4.98 Å². The second-order valence-electron chi connectivity index (χ2n) is 8.11. The van der Waals surface area contributed by atoms with Gasteiger partial charge in [-0.15, -0.1) is 0 Å². The van der Waals surface area contributed by atoms with E-state index in [1.54, 1.807) is 0 Å². The van der Waals surface area contributed by atoms with Crippen molar-refractivity contribution in [3.8, 4) is 5.88 Å². The highest BCUT2D eigenvalue weighted by atomic mass is 19.4. The van der Waals surface area contributed by atoms with Gasteiger partial charge in [0.15, 0.2) is 0 Å². The molecule has 1 aromatic carbocycles. The summed E-state index contributed by atoms with van der Waals surface area (Å²) in [6, 6.07) is 11.4. The molecule has 7 heteroatoms. The molecule has 1 N–H and O–H groups in total. The third-order valence-corrected chi connectivity index (χ3v) is 6.24. The predicted octanol–water partition coefficient (Wildman–Crippen LogP) is 4.51. The summed E-state index contributed by atoms with van der Waals surface area (Å²) in [6.07, 6.45) is -0.119. The van der Waals surface area contributed by atoms with Gasteiger partial charge in [0, 0.05) is 30.4 Å². The first-order chi connectivity index (χ1) is 13.8. The van der Waals surface area contributed by atoms with Crippen LogP contribution in [0.1, 0.15) is 48.8 Å². The summed E-state index contributed by atoms with van der Waals surface area (Å²) in [5.74, 6) is 0.0649. The summed E-state index contributed by atoms with van der Waals surface area (Å²) >= 11 is 0. The van der Waals surface area contributed by atoms with E-state index >= 15 is 0 Å². The summed E-state index contributed by atoms with van der Waals surface area (Å²) in [6.45, 7) is 0.782. The van der Waals surface area contributed by atoms with Gasteiger partial charge < -0.3 is 9.84 Å². The standard InChI is InChI=1S/C22H25F3N2O2/c1-29-20-19(10-16(13-26-20)22(23,24)25)21(28)11-17-8-5-9-18(12-21)27(17)14-15-6-3-2-4-7-15/h2-4,6-7,10,13,17-18,28H,5,8-9,11-12,14H2,1H3. The summed E-state index contributed by atoms with van der Waals surface area (Å²) in [5, 5.41) is 11.5. The largest absolute Gasteiger partial charge is 0.481 e. The molecule has 1 aromatic heterocycles. The Kier molecular flexibility index (Phi) is 5.29. The third-order valence-electron chi connectivity index (χ3n) is 6.24. The van der Waals surface area contributed by atoms with Crippen LogP contribution in [0.25, 0.3) is 0 Å². The molecule has 4 nitrogen and oxygen atoms in total. The number of rotatable bonds is 4. The smallest absolute Gasteiger partial charge is 0.417 e. The third kappa shape index (κ3) is 3.98. The molecule has 2 saturated heterocycles. The van der Waals surface area contributed by atoms with E-state index in [-0.39, 0.29) is 23.5 Å². The average molecular weight is 406 g/mol. The Labute approximate surface area is 168 Å². The van der Waals surface area contributed by atoms with Gasteiger partial charge in [-0.2, -0.15) is 13.2 Å². The molecular formula is C22H25F3N2O2. The van der Waals surface area contributed by atoms with Gasteiger partial charge in [0.25, 0.3) is 0 Å². The maximum Gasteiger partial charge on any atom is 0.417 e. The van der Waals surface area contributed by atoms with Crippen LogP contribution in [0.15, 0.2) is 42.6 Å². The Morgan fingerprint density at radius 3 is 2.41 bits per heavy atom. The number of piperidine rings is 2. The molecule has 156 valence electrons. The first-order valence-electron chi connectivity index (χ1n) is 9.94. The Hall–Kier alpha value is -2.12. The number of ether oxygens (including phenoxy) is 1. The number of aliphatic hydroxyl groups is 1. The van der Waals surface area contributed by atoms with Crippen molar-refractivity contribution < 1.29 is 23.0 Å². The summed E-state index contributed by atoms with van der Waals surface area (Å²) < 4.78 is 45.0. The number of methoxy groups -OCH3 is 1. The molecule has 2 fully saturated rings. The lowest BCUT2D eigenvalue weighted by Crippen LogP contribution is -2.56. The number of fused-ring (bicyclic) bond motifs is 2. The molecule has 29 heavy (non-hydrogen) atoms. The number of alkyl halides is 3. The van der Waals surface area contributed by atoms with Gasteiger partial charge in [0.1, 0.15) is 0 Å². The van der Waals surface area contributed by atoms with Crippen molar-refractivity contribution in [3.05, 3.63) is 59.3 Å². The molecular weight excluding hydrogens is 381 g/mol. The summed E-state index contributed by atoms with van der Waals surface area (Å²) in [5.41, 5.74) is -0.902. The normalized spacial score (nSPS) is 27.6. The number of nitrogens with zero attached hydrogens (tertiary/aromatic N) is 2. The highest BCUT2D eigenvalue weighted by Gasteiger charge is 2.48. The van der Waals surface area contributed by atoms with E-state index in [0.29, 0.717) is 12.8 Å². The monoisotopic (exact) mass is 406 g/mol. The zero-order valence-corrected chi connectivity index (χ0v) is 16.3. The highest BCUT2D eigenvalue weighted by Crippen LogP contribution is 2.47. The molecule has 2 aliphatic rings. The molecule has 0 amide bonds. The summed E-state index contributed by atoms with van der Waals surface area (Å²) in [4.78, 5) is 6.25. The Morgan fingerprint density at radius 2 is 1.83 bits per heavy atom. The first-order valence-corrected chi connectivity index (χ1v) is 9.94. The Balaban J connectivity index is 1.65. The molecule has 0 saturated carbocycles. The fourth-order valence-electron chi connectivity index (χ4n) is 4.90. The van der Waals surface area contributed by atoms with Gasteiger partial charge in [0.05, 0.1) is 18.3 Å². The molecule has 4 rings (SSSR count). The van der Waals surface area contributed by atoms with Crippen LogP contribution < -0.4 is 4.74 Å². The lowest BCUT2D eigenvalue weighted by atomic mass is 9.72.